The second-order valence-electron chi connectivity index (χ2n) is 10.3. The smallest absolute Gasteiger partial charge is 0.475 e. The van der Waals surface area contributed by atoms with Gasteiger partial charge < -0.3 is 10.2 Å². The minimum atomic E-state index is -5.08. The van der Waals surface area contributed by atoms with E-state index in [1.165, 1.54) is 4.68 Å². The number of carboxylic acids is 2. The summed E-state index contributed by atoms with van der Waals surface area (Å²) in [4.78, 5) is 50.2. The van der Waals surface area contributed by atoms with Crippen LogP contribution < -0.4 is 11.1 Å². The number of rotatable bonds is 4. The summed E-state index contributed by atoms with van der Waals surface area (Å²) in [5, 5.41) is 18.8. The number of aromatic nitrogens is 4. The van der Waals surface area contributed by atoms with Crippen LogP contribution in [0, 0.1) is 12.3 Å². The molecule has 1 unspecified atom stereocenters. The molecule has 0 aliphatic carbocycles. The van der Waals surface area contributed by atoms with Crippen LogP contribution in [0.3, 0.4) is 0 Å². The predicted octanol–water partition coefficient (Wildman–Crippen LogP) is 2.87. The highest BCUT2D eigenvalue weighted by Gasteiger charge is 2.45. The van der Waals surface area contributed by atoms with Gasteiger partial charge in [0.05, 0.1) is 12.2 Å². The van der Waals surface area contributed by atoms with Crippen LogP contribution >= 0.6 is 0 Å². The Morgan fingerprint density at radius 1 is 0.864 bits per heavy atom. The molecule has 11 nitrogen and oxygen atoms in total. The standard InChI is InChI=1S/C23H25N5O2.2C2HF3O2/c1-17-6-5-9-19(24-17)14-26-11-10-23(15-26)12-20-25-28(13-18-7-3-2-4-8-18)22(30)21(29)27(20)16-23;2*3-2(4,5)1(6)7/h2-9H,10-16H2,1H3;2*(H,6,7). The van der Waals surface area contributed by atoms with E-state index in [2.05, 4.69) is 21.0 Å². The van der Waals surface area contributed by atoms with Crippen molar-refractivity contribution in [2.24, 2.45) is 5.41 Å². The van der Waals surface area contributed by atoms with Crippen LogP contribution in [0.4, 0.5) is 26.3 Å². The highest BCUT2D eigenvalue weighted by Crippen LogP contribution is 2.39. The Labute approximate surface area is 245 Å². The van der Waals surface area contributed by atoms with Gasteiger partial charge in [0.15, 0.2) is 0 Å². The lowest BCUT2D eigenvalue weighted by Gasteiger charge is -2.22. The van der Waals surface area contributed by atoms with Gasteiger partial charge >= 0.3 is 35.4 Å². The Hall–Kier alpha value is -4.54. The van der Waals surface area contributed by atoms with E-state index in [4.69, 9.17) is 19.8 Å². The predicted molar refractivity (Wildman–Crippen MR) is 141 cm³/mol. The number of hydrogen-bond donors (Lipinski definition) is 2. The summed E-state index contributed by atoms with van der Waals surface area (Å²) < 4.78 is 66.4. The van der Waals surface area contributed by atoms with Crippen LogP contribution in [0.1, 0.15) is 29.2 Å². The highest BCUT2D eigenvalue weighted by atomic mass is 19.4. The lowest BCUT2D eigenvalue weighted by molar-refractivity contribution is -0.193. The second-order valence-corrected chi connectivity index (χ2v) is 10.3. The molecule has 5 rings (SSSR count). The van der Waals surface area contributed by atoms with Crippen LogP contribution in [0.2, 0.25) is 0 Å². The van der Waals surface area contributed by atoms with Crippen molar-refractivity contribution in [3.8, 4) is 0 Å². The molecule has 17 heteroatoms. The Morgan fingerprint density at radius 3 is 2.00 bits per heavy atom. The van der Waals surface area contributed by atoms with Crippen molar-refractivity contribution in [2.45, 2.75) is 51.8 Å². The number of hydrogen-bond acceptors (Lipinski definition) is 7. The van der Waals surface area contributed by atoms with Crippen LogP contribution in [0.25, 0.3) is 0 Å². The quantitative estimate of drug-likeness (QED) is 0.328. The van der Waals surface area contributed by atoms with Crippen molar-refractivity contribution in [2.75, 3.05) is 13.1 Å². The van der Waals surface area contributed by atoms with Crippen LogP contribution in [-0.2, 0) is 35.6 Å². The van der Waals surface area contributed by atoms with Crippen molar-refractivity contribution in [3.05, 3.63) is 92.0 Å². The Morgan fingerprint density at radius 2 is 1.45 bits per heavy atom. The summed E-state index contributed by atoms with van der Waals surface area (Å²) in [5.74, 6) is -4.79. The number of pyridine rings is 1. The first-order valence-corrected chi connectivity index (χ1v) is 12.9. The zero-order valence-electron chi connectivity index (χ0n) is 23.1. The number of carbonyl (C=O) groups is 2. The number of alkyl halides is 6. The number of likely N-dealkylation sites (tertiary alicyclic amines) is 1. The Bertz CT molecular complexity index is 1580. The number of aliphatic carboxylic acids is 2. The number of fused-ring (bicyclic) bond motifs is 1. The summed E-state index contributed by atoms with van der Waals surface area (Å²) in [7, 11) is 0. The second kappa shape index (κ2) is 13.4. The topological polar surface area (TPSA) is 148 Å². The molecule has 1 saturated heterocycles. The minimum Gasteiger partial charge on any atom is -0.475 e. The molecule has 2 aliphatic rings. The first-order valence-electron chi connectivity index (χ1n) is 12.9. The number of benzene rings is 1. The molecule has 0 radical (unpaired) electrons. The molecule has 0 saturated carbocycles. The third-order valence-electron chi connectivity index (χ3n) is 6.75. The van der Waals surface area contributed by atoms with E-state index in [0.717, 1.165) is 55.3 Å². The van der Waals surface area contributed by atoms with Gasteiger partial charge in [-0.2, -0.15) is 31.4 Å². The van der Waals surface area contributed by atoms with E-state index in [-0.39, 0.29) is 5.41 Å². The van der Waals surface area contributed by atoms with Crippen molar-refractivity contribution < 1.29 is 46.1 Å². The molecule has 2 aliphatic heterocycles. The molecule has 4 heterocycles. The fourth-order valence-electron chi connectivity index (χ4n) is 4.82. The van der Waals surface area contributed by atoms with Crippen LogP contribution in [-0.4, -0.2) is 71.8 Å². The van der Waals surface area contributed by atoms with Gasteiger partial charge in [-0.3, -0.25) is 24.0 Å². The number of aryl methyl sites for hydroxylation is 1. The summed E-state index contributed by atoms with van der Waals surface area (Å²) in [6.07, 6.45) is -8.44. The molecule has 1 aromatic carbocycles. The largest absolute Gasteiger partial charge is 0.490 e. The van der Waals surface area contributed by atoms with Crippen molar-refractivity contribution in [1.29, 1.82) is 0 Å². The molecule has 2 aromatic heterocycles. The van der Waals surface area contributed by atoms with Gasteiger partial charge in [0.1, 0.15) is 5.82 Å². The SMILES string of the molecule is Cc1cccc(CN2CCC3(Cc4nn(Cc5ccccc5)c(=O)c(=O)n4C3)C2)n1.O=C(O)C(F)(F)F.O=C(O)C(F)(F)F. The number of nitrogens with zero attached hydrogens (tertiary/aromatic N) is 5. The molecule has 1 fully saturated rings. The molecule has 0 bridgehead atoms. The van der Waals surface area contributed by atoms with Gasteiger partial charge in [-0.15, -0.1) is 0 Å². The van der Waals surface area contributed by atoms with E-state index >= 15 is 0 Å². The summed E-state index contributed by atoms with van der Waals surface area (Å²) in [6.45, 7) is 5.56. The zero-order valence-corrected chi connectivity index (χ0v) is 23.1. The molecule has 2 N–H and O–H groups in total. The normalized spacial score (nSPS) is 17.7. The van der Waals surface area contributed by atoms with Gasteiger partial charge in [-0.1, -0.05) is 36.4 Å². The van der Waals surface area contributed by atoms with E-state index in [1.807, 2.05) is 49.4 Å². The van der Waals surface area contributed by atoms with Crippen molar-refractivity contribution in [3.63, 3.8) is 0 Å². The zero-order chi connectivity index (χ0) is 32.9. The fourth-order valence-corrected chi connectivity index (χ4v) is 4.82. The first-order chi connectivity index (χ1) is 20.4. The average Bonchev–Trinajstić information content (AvgIpc) is 3.49. The van der Waals surface area contributed by atoms with Gasteiger partial charge in [-0.25, -0.2) is 14.3 Å². The fraction of sp³-hybridized carbons (Fsp3) is 0.407. The van der Waals surface area contributed by atoms with Gasteiger partial charge in [0, 0.05) is 37.2 Å². The van der Waals surface area contributed by atoms with Crippen LogP contribution in [0.15, 0.2) is 58.1 Å². The number of halogens is 6. The maximum atomic E-state index is 12.8. The number of carboxylic acid groups (broad SMARTS) is 2. The minimum absolute atomic E-state index is 0.0264. The molecule has 238 valence electrons. The molecule has 1 spiro atoms. The molecular weight excluding hydrogens is 604 g/mol. The summed E-state index contributed by atoms with van der Waals surface area (Å²) in [5.41, 5.74) is 2.03. The van der Waals surface area contributed by atoms with E-state index in [9.17, 15) is 35.9 Å². The maximum absolute atomic E-state index is 12.8. The molecule has 1 atom stereocenters. The van der Waals surface area contributed by atoms with Crippen molar-refractivity contribution >= 4 is 11.9 Å². The third-order valence-corrected chi connectivity index (χ3v) is 6.75. The third kappa shape index (κ3) is 8.98. The Kier molecular flexibility index (Phi) is 10.3. The molecule has 0 amide bonds. The molecule has 44 heavy (non-hydrogen) atoms. The first kappa shape index (κ1) is 34.0. The lowest BCUT2D eigenvalue weighted by atomic mass is 9.86. The van der Waals surface area contributed by atoms with E-state index in [1.54, 1.807) is 4.57 Å². The van der Waals surface area contributed by atoms with Crippen molar-refractivity contribution in [1.82, 2.24) is 24.2 Å². The van der Waals surface area contributed by atoms with E-state index in [0.29, 0.717) is 13.1 Å². The summed E-state index contributed by atoms with van der Waals surface area (Å²) >= 11 is 0. The molecular formula is C27H27F6N5O6. The average molecular weight is 632 g/mol. The molecule has 3 aromatic rings. The Balaban J connectivity index is 0.000000317. The highest BCUT2D eigenvalue weighted by molar-refractivity contribution is 5.73. The van der Waals surface area contributed by atoms with Crippen LogP contribution in [0.5, 0.6) is 0 Å². The monoisotopic (exact) mass is 631 g/mol. The van der Waals surface area contributed by atoms with Gasteiger partial charge in [-0.05, 0) is 37.6 Å². The summed E-state index contributed by atoms with van der Waals surface area (Å²) in [6, 6.07) is 15.8. The lowest BCUT2D eigenvalue weighted by Crippen LogP contribution is -2.43. The van der Waals surface area contributed by atoms with E-state index < -0.39 is 35.4 Å². The maximum Gasteiger partial charge on any atom is 0.490 e. The van der Waals surface area contributed by atoms with Gasteiger partial charge in [0.25, 0.3) is 0 Å². The van der Waals surface area contributed by atoms with Gasteiger partial charge in [0.2, 0.25) is 0 Å².